The van der Waals surface area contributed by atoms with Crippen LogP contribution >= 0.6 is 15.9 Å². The van der Waals surface area contributed by atoms with Crippen LogP contribution in [-0.2, 0) is 6.42 Å². The van der Waals surface area contributed by atoms with Crippen LogP contribution in [0.2, 0.25) is 0 Å². The summed E-state index contributed by atoms with van der Waals surface area (Å²) in [6.07, 6.45) is 4.09. The third-order valence-corrected chi connectivity index (χ3v) is 2.32. The zero-order chi connectivity index (χ0) is 8.27. The van der Waals surface area contributed by atoms with Gasteiger partial charge in [-0.15, -0.1) is 0 Å². The fourth-order valence-electron chi connectivity index (χ4n) is 0.907. The summed E-state index contributed by atoms with van der Waals surface area (Å²) in [6.45, 7) is 4.45. The molecule has 1 N–H and O–H groups in total. The van der Waals surface area contributed by atoms with Gasteiger partial charge in [0.25, 0.3) is 0 Å². The lowest BCUT2D eigenvalue weighted by atomic mass is 10.1. The predicted molar refractivity (Wildman–Crippen MR) is 49.4 cm³/mol. The standard InChI is InChI=1S/C8H13BrN2/c1-6(2)3-4-8-7(9)5-10-11-8/h5-6H,3-4H2,1-2H3,(H,10,11). The van der Waals surface area contributed by atoms with Gasteiger partial charge in [-0.2, -0.15) is 5.10 Å². The van der Waals surface area contributed by atoms with Gasteiger partial charge in [0.1, 0.15) is 0 Å². The molecule has 0 aliphatic carbocycles. The first-order chi connectivity index (χ1) is 5.20. The molecule has 0 aliphatic rings. The summed E-state index contributed by atoms with van der Waals surface area (Å²) in [5.74, 6) is 0.755. The van der Waals surface area contributed by atoms with Crippen molar-refractivity contribution in [2.45, 2.75) is 26.7 Å². The molecule has 0 bridgehead atoms. The number of aromatic amines is 1. The molecule has 2 nitrogen and oxygen atoms in total. The predicted octanol–water partition coefficient (Wildman–Crippen LogP) is 2.76. The molecule has 0 atom stereocenters. The van der Waals surface area contributed by atoms with Crippen molar-refractivity contribution in [3.05, 3.63) is 16.4 Å². The average molecular weight is 217 g/mol. The highest BCUT2D eigenvalue weighted by Gasteiger charge is 2.02. The Morgan fingerprint density at radius 2 is 2.36 bits per heavy atom. The molecule has 1 heterocycles. The van der Waals surface area contributed by atoms with Crippen molar-refractivity contribution in [3.8, 4) is 0 Å². The Kier molecular flexibility index (Phi) is 3.12. The highest BCUT2D eigenvalue weighted by molar-refractivity contribution is 9.10. The van der Waals surface area contributed by atoms with E-state index in [4.69, 9.17) is 0 Å². The minimum atomic E-state index is 0.755. The maximum Gasteiger partial charge on any atom is 0.0632 e. The molecule has 0 amide bonds. The first kappa shape index (κ1) is 8.78. The molecule has 3 heteroatoms. The van der Waals surface area contributed by atoms with Gasteiger partial charge in [0.2, 0.25) is 0 Å². The molecule has 0 fully saturated rings. The topological polar surface area (TPSA) is 28.7 Å². The van der Waals surface area contributed by atoms with E-state index in [9.17, 15) is 0 Å². The van der Waals surface area contributed by atoms with Crippen LogP contribution in [-0.4, -0.2) is 10.2 Å². The number of nitrogens with zero attached hydrogens (tertiary/aromatic N) is 1. The van der Waals surface area contributed by atoms with Gasteiger partial charge < -0.3 is 0 Å². The molecule has 1 rings (SSSR count). The van der Waals surface area contributed by atoms with Crippen LogP contribution < -0.4 is 0 Å². The second-order valence-electron chi connectivity index (χ2n) is 3.13. The summed E-state index contributed by atoms with van der Waals surface area (Å²) < 4.78 is 1.10. The Morgan fingerprint density at radius 1 is 1.64 bits per heavy atom. The van der Waals surface area contributed by atoms with E-state index in [1.165, 1.54) is 12.1 Å². The van der Waals surface area contributed by atoms with E-state index in [1.54, 1.807) is 6.20 Å². The smallest absolute Gasteiger partial charge is 0.0632 e. The molecule has 62 valence electrons. The van der Waals surface area contributed by atoms with E-state index in [0.717, 1.165) is 16.8 Å². The van der Waals surface area contributed by atoms with Gasteiger partial charge in [-0.05, 0) is 34.7 Å². The number of nitrogens with one attached hydrogen (secondary N) is 1. The van der Waals surface area contributed by atoms with Gasteiger partial charge in [-0.3, -0.25) is 5.10 Å². The highest BCUT2D eigenvalue weighted by atomic mass is 79.9. The van der Waals surface area contributed by atoms with Gasteiger partial charge in [-0.1, -0.05) is 13.8 Å². The van der Waals surface area contributed by atoms with E-state index >= 15 is 0 Å². The van der Waals surface area contributed by atoms with Crippen molar-refractivity contribution >= 4 is 15.9 Å². The lowest BCUT2D eigenvalue weighted by Crippen LogP contribution is -1.92. The third kappa shape index (κ3) is 2.66. The number of aromatic nitrogens is 2. The Morgan fingerprint density at radius 3 is 2.82 bits per heavy atom. The number of hydrogen-bond acceptors (Lipinski definition) is 1. The Labute approximate surface area is 75.5 Å². The fraction of sp³-hybridized carbons (Fsp3) is 0.625. The summed E-state index contributed by atoms with van der Waals surface area (Å²) in [5, 5.41) is 6.89. The number of rotatable bonds is 3. The molecule has 0 saturated carbocycles. The van der Waals surface area contributed by atoms with E-state index < -0.39 is 0 Å². The molecule has 11 heavy (non-hydrogen) atoms. The van der Waals surface area contributed by atoms with Crippen molar-refractivity contribution in [2.75, 3.05) is 0 Å². The molecular formula is C8H13BrN2. The van der Waals surface area contributed by atoms with Crippen LogP contribution in [0.5, 0.6) is 0 Å². The first-order valence-corrected chi connectivity index (χ1v) is 4.67. The zero-order valence-corrected chi connectivity index (χ0v) is 8.48. The van der Waals surface area contributed by atoms with Crippen LogP contribution in [0.1, 0.15) is 26.0 Å². The minimum absolute atomic E-state index is 0.755. The van der Waals surface area contributed by atoms with Gasteiger partial charge in [0.05, 0.1) is 10.7 Å². The summed E-state index contributed by atoms with van der Waals surface area (Å²) in [7, 11) is 0. The zero-order valence-electron chi connectivity index (χ0n) is 6.89. The highest BCUT2D eigenvalue weighted by Crippen LogP contribution is 2.16. The Bertz CT molecular complexity index is 218. The fourth-order valence-corrected chi connectivity index (χ4v) is 1.30. The van der Waals surface area contributed by atoms with E-state index in [1.807, 2.05) is 0 Å². The lowest BCUT2D eigenvalue weighted by molar-refractivity contribution is 0.580. The van der Waals surface area contributed by atoms with Crippen LogP contribution in [0.4, 0.5) is 0 Å². The molecule has 1 aromatic rings. The van der Waals surface area contributed by atoms with Gasteiger partial charge in [0.15, 0.2) is 0 Å². The maximum absolute atomic E-state index is 3.93. The number of aryl methyl sites for hydroxylation is 1. The monoisotopic (exact) mass is 216 g/mol. The Balaban J connectivity index is 2.44. The second-order valence-corrected chi connectivity index (χ2v) is 3.98. The van der Waals surface area contributed by atoms with Crippen LogP contribution in [0, 0.1) is 5.92 Å². The summed E-state index contributed by atoms with van der Waals surface area (Å²) in [5.41, 5.74) is 1.21. The van der Waals surface area contributed by atoms with E-state index in [0.29, 0.717) is 0 Å². The van der Waals surface area contributed by atoms with Gasteiger partial charge in [0, 0.05) is 5.69 Å². The van der Waals surface area contributed by atoms with Crippen molar-refractivity contribution < 1.29 is 0 Å². The molecular weight excluding hydrogens is 204 g/mol. The third-order valence-electron chi connectivity index (χ3n) is 1.64. The average Bonchev–Trinajstić information content (AvgIpc) is 2.31. The molecule has 0 aliphatic heterocycles. The van der Waals surface area contributed by atoms with Crippen LogP contribution in [0.25, 0.3) is 0 Å². The largest absolute Gasteiger partial charge is 0.281 e. The first-order valence-electron chi connectivity index (χ1n) is 3.88. The van der Waals surface area contributed by atoms with Crippen LogP contribution in [0.3, 0.4) is 0 Å². The van der Waals surface area contributed by atoms with Gasteiger partial charge >= 0.3 is 0 Å². The molecule has 1 aromatic heterocycles. The normalized spacial score (nSPS) is 10.9. The van der Waals surface area contributed by atoms with E-state index in [2.05, 4.69) is 40.0 Å². The summed E-state index contributed by atoms with van der Waals surface area (Å²) >= 11 is 3.42. The SMILES string of the molecule is CC(C)CCc1[nH]ncc1Br. The Hall–Kier alpha value is -0.310. The maximum atomic E-state index is 3.93. The quantitative estimate of drug-likeness (QED) is 0.828. The molecule has 0 spiro atoms. The molecule has 0 radical (unpaired) electrons. The van der Waals surface area contributed by atoms with Crippen LogP contribution in [0.15, 0.2) is 10.7 Å². The second kappa shape index (κ2) is 3.90. The lowest BCUT2D eigenvalue weighted by Gasteiger charge is -2.01. The molecule has 0 aromatic carbocycles. The number of hydrogen-bond donors (Lipinski definition) is 1. The minimum Gasteiger partial charge on any atom is -0.281 e. The van der Waals surface area contributed by atoms with Crippen molar-refractivity contribution in [2.24, 2.45) is 5.92 Å². The van der Waals surface area contributed by atoms with Gasteiger partial charge in [-0.25, -0.2) is 0 Å². The molecule has 0 saturated heterocycles. The summed E-state index contributed by atoms with van der Waals surface area (Å²) in [4.78, 5) is 0. The number of halogens is 1. The van der Waals surface area contributed by atoms with Crippen molar-refractivity contribution in [1.82, 2.24) is 10.2 Å². The van der Waals surface area contributed by atoms with E-state index in [-0.39, 0.29) is 0 Å². The van der Waals surface area contributed by atoms with Crippen molar-refractivity contribution in [1.29, 1.82) is 0 Å². The summed E-state index contributed by atoms with van der Waals surface area (Å²) in [6, 6.07) is 0. The van der Waals surface area contributed by atoms with Crippen molar-refractivity contribution in [3.63, 3.8) is 0 Å². The molecule has 0 unspecified atom stereocenters. The number of H-pyrrole nitrogens is 1.